The summed E-state index contributed by atoms with van der Waals surface area (Å²) in [6.45, 7) is 6.86. The van der Waals surface area contributed by atoms with Gasteiger partial charge in [-0.15, -0.1) is 0 Å². The molecule has 1 aliphatic rings. The van der Waals surface area contributed by atoms with E-state index in [1.807, 2.05) is 51.1 Å². The molecule has 4 heteroatoms. The quantitative estimate of drug-likeness (QED) is 0.829. The van der Waals surface area contributed by atoms with Gasteiger partial charge in [0, 0.05) is 5.54 Å². The van der Waals surface area contributed by atoms with E-state index in [1.165, 1.54) is 0 Å². The number of carbonyl (C=O) groups is 1. The molecule has 4 nitrogen and oxygen atoms in total. The SMILES string of the molecule is CC(C)(C)NC(=O)N1COC(c2ccccc2)C1. The van der Waals surface area contributed by atoms with E-state index in [1.54, 1.807) is 4.90 Å². The number of hydrogen-bond donors (Lipinski definition) is 1. The molecule has 1 aromatic rings. The fourth-order valence-electron chi connectivity index (χ4n) is 1.90. The van der Waals surface area contributed by atoms with Gasteiger partial charge >= 0.3 is 6.03 Å². The first kappa shape index (κ1) is 12.9. The van der Waals surface area contributed by atoms with Gasteiger partial charge < -0.3 is 10.1 Å². The van der Waals surface area contributed by atoms with Crippen molar-refractivity contribution in [1.82, 2.24) is 10.2 Å². The number of nitrogens with zero attached hydrogens (tertiary/aromatic N) is 1. The van der Waals surface area contributed by atoms with E-state index in [0.717, 1.165) is 5.56 Å². The molecule has 1 atom stereocenters. The summed E-state index contributed by atoms with van der Waals surface area (Å²) >= 11 is 0. The van der Waals surface area contributed by atoms with Crippen molar-refractivity contribution < 1.29 is 9.53 Å². The lowest BCUT2D eigenvalue weighted by molar-refractivity contribution is 0.0943. The van der Waals surface area contributed by atoms with Crippen LogP contribution in [0.1, 0.15) is 32.4 Å². The molecule has 1 fully saturated rings. The van der Waals surface area contributed by atoms with Gasteiger partial charge in [0.15, 0.2) is 0 Å². The van der Waals surface area contributed by atoms with Crippen LogP contribution < -0.4 is 5.32 Å². The Balaban J connectivity index is 1.95. The number of urea groups is 1. The van der Waals surface area contributed by atoms with Crippen LogP contribution in [0.15, 0.2) is 30.3 Å². The summed E-state index contributed by atoms with van der Waals surface area (Å²) in [7, 11) is 0. The molecule has 18 heavy (non-hydrogen) atoms. The van der Waals surface area contributed by atoms with Crippen molar-refractivity contribution in [3.8, 4) is 0 Å². The topological polar surface area (TPSA) is 41.6 Å². The summed E-state index contributed by atoms with van der Waals surface area (Å²) in [5.74, 6) is 0. The highest BCUT2D eigenvalue weighted by Crippen LogP contribution is 2.24. The third-order valence-corrected chi connectivity index (χ3v) is 2.76. The van der Waals surface area contributed by atoms with Crippen LogP contribution in [0, 0.1) is 0 Å². The Labute approximate surface area is 108 Å². The molecular formula is C14H20N2O2. The second kappa shape index (κ2) is 4.98. The lowest BCUT2D eigenvalue weighted by Crippen LogP contribution is -2.47. The van der Waals surface area contributed by atoms with Crippen LogP contribution in [-0.4, -0.2) is 29.7 Å². The van der Waals surface area contributed by atoms with Gasteiger partial charge in [-0.05, 0) is 26.3 Å². The standard InChI is InChI=1S/C14H20N2O2/c1-14(2,3)15-13(17)16-9-12(18-10-16)11-7-5-4-6-8-11/h4-8,12H,9-10H2,1-3H3,(H,15,17). The number of amides is 2. The fraction of sp³-hybridized carbons (Fsp3) is 0.500. The van der Waals surface area contributed by atoms with Crippen molar-refractivity contribution in [3.63, 3.8) is 0 Å². The second-order valence-corrected chi connectivity index (χ2v) is 5.60. The molecule has 1 N–H and O–H groups in total. The van der Waals surface area contributed by atoms with E-state index in [-0.39, 0.29) is 17.7 Å². The number of hydrogen-bond acceptors (Lipinski definition) is 2. The van der Waals surface area contributed by atoms with Crippen molar-refractivity contribution in [2.75, 3.05) is 13.3 Å². The van der Waals surface area contributed by atoms with Crippen LogP contribution in [0.2, 0.25) is 0 Å². The van der Waals surface area contributed by atoms with Crippen molar-refractivity contribution in [1.29, 1.82) is 0 Å². The van der Waals surface area contributed by atoms with Gasteiger partial charge in [-0.3, -0.25) is 4.90 Å². The number of ether oxygens (including phenoxy) is 1. The van der Waals surface area contributed by atoms with E-state index in [9.17, 15) is 4.79 Å². The average molecular weight is 248 g/mol. The molecule has 1 aliphatic heterocycles. The van der Waals surface area contributed by atoms with Gasteiger partial charge in [0.1, 0.15) is 12.8 Å². The number of benzene rings is 1. The van der Waals surface area contributed by atoms with E-state index >= 15 is 0 Å². The van der Waals surface area contributed by atoms with Crippen LogP contribution in [0.3, 0.4) is 0 Å². The van der Waals surface area contributed by atoms with E-state index in [0.29, 0.717) is 13.3 Å². The Hall–Kier alpha value is -1.55. The van der Waals surface area contributed by atoms with Gasteiger partial charge in [0.2, 0.25) is 0 Å². The molecule has 2 rings (SSSR count). The molecular weight excluding hydrogens is 228 g/mol. The van der Waals surface area contributed by atoms with Crippen LogP contribution in [0.5, 0.6) is 0 Å². The smallest absolute Gasteiger partial charge is 0.319 e. The molecule has 98 valence electrons. The Bertz CT molecular complexity index is 412. The molecule has 1 heterocycles. The monoisotopic (exact) mass is 248 g/mol. The maximum Gasteiger partial charge on any atom is 0.319 e. The highest BCUT2D eigenvalue weighted by atomic mass is 16.5. The first-order valence-electron chi connectivity index (χ1n) is 6.19. The Morgan fingerprint density at radius 3 is 2.61 bits per heavy atom. The maximum absolute atomic E-state index is 12.0. The Morgan fingerprint density at radius 1 is 1.33 bits per heavy atom. The maximum atomic E-state index is 12.0. The predicted molar refractivity (Wildman–Crippen MR) is 70.1 cm³/mol. The zero-order valence-electron chi connectivity index (χ0n) is 11.1. The minimum absolute atomic E-state index is 0.0167. The second-order valence-electron chi connectivity index (χ2n) is 5.60. The molecule has 1 saturated heterocycles. The van der Waals surface area contributed by atoms with Gasteiger partial charge in [-0.1, -0.05) is 30.3 Å². The lowest BCUT2D eigenvalue weighted by atomic mass is 10.1. The zero-order valence-corrected chi connectivity index (χ0v) is 11.1. The summed E-state index contributed by atoms with van der Waals surface area (Å²) in [6, 6.07) is 9.92. The number of carbonyl (C=O) groups excluding carboxylic acids is 1. The Kier molecular flexibility index (Phi) is 3.57. The third kappa shape index (κ3) is 3.23. The number of rotatable bonds is 1. The van der Waals surface area contributed by atoms with Crippen molar-refractivity contribution in [2.24, 2.45) is 0 Å². The van der Waals surface area contributed by atoms with Crippen molar-refractivity contribution >= 4 is 6.03 Å². The molecule has 2 amide bonds. The van der Waals surface area contributed by atoms with Gasteiger partial charge in [-0.25, -0.2) is 4.79 Å². The minimum atomic E-state index is -0.220. The largest absolute Gasteiger partial charge is 0.351 e. The summed E-state index contributed by atoms with van der Waals surface area (Å²) in [6.07, 6.45) is -0.0167. The van der Waals surface area contributed by atoms with Crippen molar-refractivity contribution in [2.45, 2.75) is 32.4 Å². The zero-order chi connectivity index (χ0) is 13.2. The molecule has 0 spiro atoms. The summed E-state index contributed by atoms with van der Waals surface area (Å²) in [4.78, 5) is 13.7. The van der Waals surface area contributed by atoms with Gasteiger partial charge in [-0.2, -0.15) is 0 Å². The first-order chi connectivity index (χ1) is 8.46. The van der Waals surface area contributed by atoms with E-state index < -0.39 is 0 Å². The van der Waals surface area contributed by atoms with Crippen molar-refractivity contribution in [3.05, 3.63) is 35.9 Å². The molecule has 1 unspecified atom stereocenters. The average Bonchev–Trinajstić information content (AvgIpc) is 2.77. The minimum Gasteiger partial charge on any atom is -0.351 e. The number of nitrogens with one attached hydrogen (secondary N) is 1. The van der Waals surface area contributed by atoms with Crippen LogP contribution in [0.25, 0.3) is 0 Å². The molecule has 0 saturated carbocycles. The summed E-state index contributed by atoms with van der Waals surface area (Å²) in [5.41, 5.74) is 0.894. The van der Waals surface area contributed by atoms with Gasteiger partial charge in [0.25, 0.3) is 0 Å². The van der Waals surface area contributed by atoms with Crippen LogP contribution in [0.4, 0.5) is 4.79 Å². The predicted octanol–water partition coefficient (Wildman–Crippen LogP) is 2.53. The van der Waals surface area contributed by atoms with Crippen LogP contribution in [-0.2, 0) is 4.74 Å². The van der Waals surface area contributed by atoms with E-state index in [2.05, 4.69) is 5.32 Å². The lowest BCUT2D eigenvalue weighted by Gasteiger charge is -2.24. The highest BCUT2D eigenvalue weighted by molar-refractivity contribution is 5.75. The first-order valence-corrected chi connectivity index (χ1v) is 6.19. The third-order valence-electron chi connectivity index (χ3n) is 2.76. The summed E-state index contributed by atoms with van der Waals surface area (Å²) in [5, 5.41) is 2.94. The molecule has 0 aliphatic carbocycles. The Morgan fingerprint density at radius 2 is 2.00 bits per heavy atom. The highest BCUT2D eigenvalue weighted by Gasteiger charge is 2.29. The van der Waals surface area contributed by atoms with Crippen LogP contribution >= 0.6 is 0 Å². The molecule has 0 radical (unpaired) electrons. The van der Waals surface area contributed by atoms with Gasteiger partial charge in [0.05, 0.1) is 6.54 Å². The normalized spacial score (nSPS) is 19.9. The molecule has 0 aromatic heterocycles. The van der Waals surface area contributed by atoms with E-state index in [4.69, 9.17) is 4.74 Å². The fourth-order valence-corrected chi connectivity index (χ4v) is 1.90. The summed E-state index contributed by atoms with van der Waals surface area (Å²) < 4.78 is 5.65. The molecule has 0 bridgehead atoms. The molecule has 1 aromatic carbocycles.